The van der Waals surface area contributed by atoms with Crippen molar-refractivity contribution in [3.63, 3.8) is 0 Å². The van der Waals surface area contributed by atoms with Crippen LogP contribution >= 0.6 is 65.8 Å². The number of pyridine rings is 2. The number of nitrogens with two attached hydrogens (primary N) is 1. The molecule has 0 bridgehead atoms. The quantitative estimate of drug-likeness (QED) is 0.00563. The summed E-state index contributed by atoms with van der Waals surface area (Å²) in [5.41, 5.74) is 6.69. The van der Waals surface area contributed by atoms with Crippen LogP contribution in [0.1, 0.15) is 254 Å². The maximum absolute atomic E-state index is 14.9. The number of carboxylic acids is 1. The molecule has 43 heteroatoms. The van der Waals surface area contributed by atoms with Gasteiger partial charge in [0.15, 0.2) is 25.7 Å². The Hall–Kier alpha value is -10.5. The van der Waals surface area contributed by atoms with Crippen molar-refractivity contribution >= 4 is 149 Å². The van der Waals surface area contributed by atoms with Gasteiger partial charge in [-0.1, -0.05) is 167 Å². The van der Waals surface area contributed by atoms with Crippen LogP contribution in [0.3, 0.4) is 0 Å². The second kappa shape index (κ2) is 65.9. The van der Waals surface area contributed by atoms with Crippen LogP contribution in [0, 0.1) is 35.5 Å². The number of aromatic nitrogens is 4. The Morgan fingerprint density at radius 1 is 0.510 bits per heavy atom. The fourth-order valence-corrected chi connectivity index (χ4v) is 21.1. The molecule has 14 atom stereocenters. The normalized spacial score (nSPS) is 16.1. The van der Waals surface area contributed by atoms with Gasteiger partial charge in [-0.2, -0.15) is 0 Å². The summed E-state index contributed by atoms with van der Waals surface area (Å²) in [4.78, 5) is 208. The molecule has 0 spiro atoms. The minimum Gasteiger partial charge on any atom is -0.508 e. The number of likely N-dealkylation sites (tertiary alicyclic amines) is 2. The summed E-state index contributed by atoms with van der Waals surface area (Å²) in [6, 6.07) is 19.0. The van der Waals surface area contributed by atoms with E-state index in [0.717, 1.165) is 88.4 Å². The van der Waals surface area contributed by atoms with Crippen LogP contribution in [-0.4, -0.2) is 265 Å². The van der Waals surface area contributed by atoms with E-state index in [4.69, 9.17) is 34.2 Å². The fourth-order valence-electron chi connectivity index (χ4n) is 16.0. The topological polar surface area (TPSA) is 506 Å². The summed E-state index contributed by atoms with van der Waals surface area (Å²) >= 11 is 2.19. The number of amides is 7. The molecule has 145 heavy (non-hydrogen) atoms. The van der Waals surface area contributed by atoms with Crippen molar-refractivity contribution in [3.8, 4) is 11.5 Å². The smallest absolute Gasteiger partial charge is 0.325 e. The molecule has 2 saturated heterocycles. The molecule has 6 heterocycles. The Morgan fingerprint density at radius 2 is 0.910 bits per heavy atom. The highest BCUT2D eigenvalue weighted by molar-refractivity contribution is 8.77. The standard InChI is InChI=1S/C51H73N7O11S3.C42H63N5O10S.C9H12N2O2S2/c1-9-15-44(61)68-31-58(51(66)46(33(5)10-2)56-49(65)40-16-12-14-23-57(40)8)41(32(3)4)28-42(69-35(7)59)50-55-39(30-70-50)48(64)54-37(27-36-18-20-38(60)21-19-36)26-34(6)47(63)53-29-45(62)67-24-25-71-72-43-17-11-13-22-52-43;1-9-13-36(50)56-24-47(41(53)37(26(5)10-2)45-39(52)33-14-11-12-19-46(33)8)34(25(3)4)22-35(57-28(7)48)40-44-32(23-58-40)38(51)43-30(20-27(6)42(54)55)21-29-15-17-31(49)18-16-29;10-7-9(12)13-5-6-14-15-8-3-1-2-4-11-8/h11,13,17-22,30,32-34,37,40-42,46,60H,9-10,12,14-16,23-29,31H2,1-8H3,(H,53,63)(H,54,64)(H,56,65);15-18,23,25-27,30,33-35,37,49H,9-14,19-22,24H2,1-8H3,(H,43,51)(H,45,52)(H,54,55);1-4H,5-7,10H2/t33?,34-,37+,40+,41+,42+,46-;26?,27-,30+,33+,34+,35+,37-;/m00./s1. The molecule has 0 saturated carbocycles. The average molecular weight is 2130 g/mol. The fraction of sp³-hybridized carbons (Fsp3) is 0.588. The zero-order valence-electron chi connectivity index (χ0n) is 86.0. The zero-order chi connectivity index (χ0) is 107. The number of carboxylic acid groups (broad SMARTS) is 1. The van der Waals surface area contributed by atoms with Crippen LogP contribution in [0.4, 0.5) is 0 Å². The molecule has 800 valence electrons. The van der Waals surface area contributed by atoms with E-state index in [0.29, 0.717) is 62.3 Å². The summed E-state index contributed by atoms with van der Waals surface area (Å²) in [7, 11) is 9.91. The number of carbonyl (C=O) groups excluding carboxylic acids is 13. The van der Waals surface area contributed by atoms with Crippen LogP contribution < -0.4 is 32.3 Å². The van der Waals surface area contributed by atoms with E-state index in [1.807, 2.05) is 130 Å². The summed E-state index contributed by atoms with van der Waals surface area (Å²) in [5, 5.41) is 49.3. The molecule has 2 aliphatic rings. The number of phenolic OH excluding ortho intramolecular Hbond substituents is 2. The van der Waals surface area contributed by atoms with E-state index in [9.17, 15) is 82.4 Å². The van der Waals surface area contributed by atoms with Gasteiger partial charge in [0, 0.05) is 104 Å². The molecule has 2 aromatic carbocycles. The van der Waals surface area contributed by atoms with E-state index in [1.54, 1.807) is 72.1 Å². The number of ether oxygens (including phenoxy) is 6. The number of rotatable bonds is 57. The second-order valence-corrected chi connectivity index (χ2v) is 43.4. The Kier molecular flexibility index (Phi) is 56.0. The number of aromatic hydroxyl groups is 2. The average Bonchev–Trinajstić information content (AvgIpc) is 1.45. The number of nitrogens with zero attached hydrogens (tertiary/aromatic N) is 8. The summed E-state index contributed by atoms with van der Waals surface area (Å²) in [6.07, 6.45) is 9.97. The first kappa shape index (κ1) is 123. The molecule has 10 N–H and O–H groups in total. The lowest BCUT2D eigenvalue weighted by molar-refractivity contribution is -0.162. The van der Waals surface area contributed by atoms with Crippen molar-refractivity contribution < 1.29 is 111 Å². The van der Waals surface area contributed by atoms with Crippen LogP contribution in [0.2, 0.25) is 0 Å². The van der Waals surface area contributed by atoms with Crippen LogP contribution in [0.5, 0.6) is 11.5 Å². The van der Waals surface area contributed by atoms with Gasteiger partial charge in [0.25, 0.3) is 11.8 Å². The van der Waals surface area contributed by atoms with E-state index < -0.39 is 138 Å². The number of nitrogens with one attached hydrogen (secondary N) is 5. The highest BCUT2D eigenvalue weighted by Crippen LogP contribution is 2.37. The number of hydrogen-bond donors (Lipinski definition) is 9. The molecule has 0 aliphatic carbocycles. The van der Waals surface area contributed by atoms with Gasteiger partial charge in [-0.3, -0.25) is 76.9 Å². The summed E-state index contributed by atoms with van der Waals surface area (Å²) in [6.45, 7) is 25.6. The summed E-state index contributed by atoms with van der Waals surface area (Å²) < 4.78 is 33.1. The van der Waals surface area contributed by atoms with Gasteiger partial charge >= 0.3 is 41.8 Å². The Morgan fingerprint density at radius 3 is 1.26 bits per heavy atom. The van der Waals surface area contributed by atoms with Gasteiger partial charge < -0.3 is 85.9 Å². The van der Waals surface area contributed by atoms with Crippen molar-refractivity contribution in [1.82, 2.24) is 66.1 Å². The minimum absolute atomic E-state index is 0.0169. The van der Waals surface area contributed by atoms with E-state index in [-0.39, 0.29) is 147 Å². The Balaban J connectivity index is 0.000000393. The van der Waals surface area contributed by atoms with Crippen molar-refractivity contribution in [2.75, 3.05) is 78.5 Å². The number of carbonyl (C=O) groups is 14. The van der Waals surface area contributed by atoms with Crippen molar-refractivity contribution in [2.24, 2.45) is 41.2 Å². The van der Waals surface area contributed by atoms with Crippen molar-refractivity contribution in [3.05, 3.63) is 141 Å². The summed E-state index contributed by atoms with van der Waals surface area (Å²) in [5.74, 6) is -8.18. The van der Waals surface area contributed by atoms with E-state index in [2.05, 4.69) is 46.5 Å². The van der Waals surface area contributed by atoms with Crippen LogP contribution in [0.25, 0.3) is 0 Å². The maximum Gasteiger partial charge on any atom is 0.325 e. The number of hydrogen-bond acceptors (Lipinski definition) is 35. The molecule has 6 aromatic rings. The first-order valence-electron chi connectivity index (χ1n) is 49.5. The zero-order valence-corrected chi connectivity index (χ0v) is 90.9. The molecule has 7 amide bonds. The van der Waals surface area contributed by atoms with Gasteiger partial charge in [-0.15, -0.1) is 22.7 Å². The third-order valence-corrected chi connectivity index (χ3v) is 30.8. The predicted octanol–water partition coefficient (Wildman–Crippen LogP) is 13.7. The van der Waals surface area contributed by atoms with Crippen molar-refractivity contribution in [1.29, 1.82) is 0 Å². The highest BCUT2D eigenvalue weighted by Gasteiger charge is 2.43. The number of benzene rings is 2. The van der Waals surface area contributed by atoms with E-state index >= 15 is 0 Å². The first-order valence-corrected chi connectivity index (χ1v) is 55.9. The third kappa shape index (κ3) is 44.2. The first-order chi connectivity index (χ1) is 69.2. The highest BCUT2D eigenvalue weighted by atomic mass is 33.1. The lowest BCUT2D eigenvalue weighted by Crippen LogP contribution is -2.59. The number of esters is 6. The second-order valence-electron chi connectivity index (χ2n) is 36.8. The van der Waals surface area contributed by atoms with Gasteiger partial charge in [0.05, 0.1) is 24.5 Å². The Labute approximate surface area is 875 Å². The molecular formula is C102H148N14O23S6. The molecule has 2 aliphatic heterocycles. The minimum atomic E-state index is -1.04. The van der Waals surface area contributed by atoms with E-state index in [1.165, 1.54) is 80.3 Å². The van der Waals surface area contributed by atoms with Crippen LogP contribution in [0.15, 0.2) is 118 Å². The third-order valence-electron chi connectivity index (χ3n) is 24.5. The molecule has 2 unspecified atom stereocenters. The number of phenols is 2. The molecule has 4 aromatic heterocycles. The predicted molar refractivity (Wildman–Crippen MR) is 559 cm³/mol. The largest absolute Gasteiger partial charge is 0.508 e. The lowest BCUT2D eigenvalue weighted by Gasteiger charge is -2.39. The number of likely N-dealkylation sites (N-methyl/N-ethyl adjacent to an activating group) is 2. The molecule has 0 radical (unpaired) electrons. The monoisotopic (exact) mass is 2130 g/mol. The van der Waals surface area contributed by atoms with Gasteiger partial charge in [0.1, 0.15) is 74.8 Å². The number of thiazole rings is 2. The van der Waals surface area contributed by atoms with Crippen LogP contribution in [-0.2, 0) is 98.8 Å². The molecule has 8 rings (SSSR count). The van der Waals surface area contributed by atoms with Gasteiger partial charge in [-0.05, 0) is 196 Å². The maximum atomic E-state index is 14.9. The number of piperidine rings is 2. The molecule has 37 nitrogen and oxygen atoms in total. The Bertz CT molecular complexity index is 5030. The van der Waals surface area contributed by atoms with Crippen molar-refractivity contribution in [2.45, 2.75) is 283 Å². The van der Waals surface area contributed by atoms with Gasteiger partial charge in [0.2, 0.25) is 29.5 Å². The SMILES string of the molecule is CCCC(=O)OCN(C(=O)[C@@H](NC(=O)[C@H]1CCCCN1C)C(C)CC)[C@H](C[C@@H](OC(C)=O)c1nc(C(=O)N[C@@H](Cc2ccc(O)cc2)C[C@H](C)C(=O)NCC(=O)OCCSSc2ccccn2)cs1)C(C)C.CCCC(=O)OCN(C(=O)[C@@H](NC(=O)[C@H]1CCCCN1C)C(C)CC)[C@H](C[C@@H](OC(C)=O)c1nc(C(=O)N[C@@H](Cc2ccc(O)cc2)C[C@H](C)C(=O)O)cs1)C(C)C.NCC(=O)OCCSSc1ccccn1. The molecular weight excluding hydrogens is 1980 g/mol. The van der Waals surface area contributed by atoms with Gasteiger partial charge in [-0.25, -0.2) is 19.9 Å². The lowest BCUT2D eigenvalue weighted by atomic mass is 9.92. The number of aliphatic carboxylic acids is 1. The molecule has 2 fully saturated rings.